The number of rotatable bonds is 8. The first-order valence-electron chi connectivity index (χ1n) is 8.45. The van der Waals surface area contributed by atoms with Crippen molar-refractivity contribution in [2.24, 2.45) is 0 Å². The quantitative estimate of drug-likeness (QED) is 0.715. The number of para-hydroxylation sites is 2. The Bertz CT molecular complexity index is 783. The van der Waals surface area contributed by atoms with Gasteiger partial charge in [-0.15, -0.1) is 0 Å². The molecule has 0 saturated heterocycles. The molecule has 0 saturated carbocycles. The topological polar surface area (TPSA) is 83.1 Å². The number of esters is 1. The van der Waals surface area contributed by atoms with Gasteiger partial charge in [-0.25, -0.2) is 4.79 Å². The molecule has 0 aromatic heterocycles. The van der Waals surface area contributed by atoms with E-state index in [1.165, 1.54) is 33.3 Å². The van der Waals surface area contributed by atoms with Crippen molar-refractivity contribution in [3.05, 3.63) is 48.0 Å². The summed E-state index contributed by atoms with van der Waals surface area (Å²) < 4.78 is 21.0. The summed E-state index contributed by atoms with van der Waals surface area (Å²) in [4.78, 5) is 24.8. The van der Waals surface area contributed by atoms with Crippen molar-refractivity contribution in [1.82, 2.24) is 0 Å². The molecule has 0 unspecified atom stereocenters. The highest BCUT2D eigenvalue weighted by Gasteiger charge is 2.21. The van der Waals surface area contributed by atoms with E-state index < -0.39 is 18.0 Å². The minimum atomic E-state index is -1.01. The fraction of sp³-hybridized carbons (Fsp3) is 0.300. The molecule has 0 bridgehead atoms. The average molecular weight is 373 g/mol. The third-order valence-corrected chi connectivity index (χ3v) is 3.68. The van der Waals surface area contributed by atoms with Crippen molar-refractivity contribution < 1.29 is 28.5 Å². The van der Waals surface area contributed by atoms with E-state index in [4.69, 9.17) is 18.9 Å². The monoisotopic (exact) mass is 373 g/mol. The molecule has 27 heavy (non-hydrogen) atoms. The second kappa shape index (κ2) is 9.47. The maximum Gasteiger partial charge on any atom is 0.339 e. The number of methoxy groups -OCH3 is 2. The van der Waals surface area contributed by atoms with Crippen LogP contribution in [0, 0.1) is 0 Å². The molecule has 0 radical (unpaired) electrons. The van der Waals surface area contributed by atoms with Gasteiger partial charge in [-0.05, 0) is 38.1 Å². The predicted octanol–water partition coefficient (Wildman–Crippen LogP) is 3.29. The summed E-state index contributed by atoms with van der Waals surface area (Å²) in [6, 6.07) is 11.7. The molecule has 0 aliphatic carbocycles. The largest absolute Gasteiger partial charge is 0.497 e. The first-order chi connectivity index (χ1) is 13.0. The van der Waals surface area contributed by atoms with Crippen molar-refractivity contribution >= 4 is 17.6 Å². The van der Waals surface area contributed by atoms with Crippen molar-refractivity contribution in [2.75, 3.05) is 26.1 Å². The summed E-state index contributed by atoms with van der Waals surface area (Å²) in [6.45, 7) is 3.81. The van der Waals surface area contributed by atoms with Gasteiger partial charge in [0.05, 0.1) is 32.1 Å². The Hall–Kier alpha value is -3.22. The van der Waals surface area contributed by atoms with Crippen LogP contribution in [0.2, 0.25) is 0 Å². The minimum Gasteiger partial charge on any atom is -0.497 e. The van der Waals surface area contributed by atoms with Gasteiger partial charge in [-0.2, -0.15) is 0 Å². The highest BCUT2D eigenvalue weighted by molar-refractivity contribution is 5.98. The number of carbonyl (C=O) groups excluding carboxylic acids is 2. The fourth-order valence-electron chi connectivity index (χ4n) is 2.29. The molecule has 0 aliphatic rings. The third-order valence-electron chi connectivity index (χ3n) is 3.68. The average Bonchev–Trinajstić information content (AvgIpc) is 2.68. The molecule has 7 nitrogen and oxygen atoms in total. The summed E-state index contributed by atoms with van der Waals surface area (Å²) >= 11 is 0. The third kappa shape index (κ3) is 5.37. The molecule has 144 valence electrons. The smallest absolute Gasteiger partial charge is 0.339 e. The fourth-order valence-corrected chi connectivity index (χ4v) is 2.29. The number of hydrogen-bond acceptors (Lipinski definition) is 6. The van der Waals surface area contributed by atoms with Gasteiger partial charge in [0.1, 0.15) is 17.2 Å². The lowest BCUT2D eigenvalue weighted by atomic mass is 10.2. The zero-order chi connectivity index (χ0) is 19.8. The highest BCUT2D eigenvalue weighted by atomic mass is 16.5. The van der Waals surface area contributed by atoms with Gasteiger partial charge in [0.25, 0.3) is 5.91 Å². The summed E-state index contributed by atoms with van der Waals surface area (Å²) in [5.74, 6) is 0.316. The number of carbonyl (C=O) groups is 2. The van der Waals surface area contributed by atoms with E-state index in [1.807, 2.05) is 6.92 Å². The summed E-state index contributed by atoms with van der Waals surface area (Å²) in [6.07, 6.45) is -1.01. The van der Waals surface area contributed by atoms with Crippen LogP contribution in [0.1, 0.15) is 24.2 Å². The summed E-state index contributed by atoms with van der Waals surface area (Å²) in [7, 11) is 2.96. The standard InChI is InChI=1S/C20H23NO6/c1-5-26-18-9-7-6-8-17(18)21-19(22)13(2)27-20(23)14-10-15(24-3)12-16(11-14)25-4/h6-13H,5H2,1-4H3,(H,21,22)/t13-/m1/s1. The summed E-state index contributed by atoms with van der Waals surface area (Å²) in [5, 5.41) is 2.71. The number of hydrogen-bond donors (Lipinski definition) is 1. The first kappa shape index (κ1) is 20.1. The molecular weight excluding hydrogens is 350 g/mol. The molecule has 0 spiro atoms. The van der Waals surface area contributed by atoms with Gasteiger partial charge >= 0.3 is 5.97 Å². The lowest BCUT2D eigenvalue weighted by Gasteiger charge is -2.16. The van der Waals surface area contributed by atoms with E-state index in [-0.39, 0.29) is 5.56 Å². The molecule has 2 aromatic rings. The van der Waals surface area contributed by atoms with Crippen LogP contribution in [0.15, 0.2) is 42.5 Å². The first-order valence-corrected chi connectivity index (χ1v) is 8.45. The van der Waals surface area contributed by atoms with Crippen LogP contribution in [0.25, 0.3) is 0 Å². The number of amides is 1. The molecule has 2 rings (SSSR count). The lowest BCUT2D eigenvalue weighted by Crippen LogP contribution is -2.30. The van der Waals surface area contributed by atoms with Crippen LogP contribution in [-0.4, -0.2) is 38.8 Å². The Balaban J connectivity index is 2.07. The Labute approximate surface area is 158 Å². The highest BCUT2D eigenvalue weighted by Crippen LogP contribution is 2.25. The van der Waals surface area contributed by atoms with E-state index in [2.05, 4.69) is 5.32 Å². The van der Waals surface area contributed by atoms with Crippen LogP contribution in [0.5, 0.6) is 17.2 Å². The Morgan fingerprint density at radius 2 is 1.67 bits per heavy atom. The van der Waals surface area contributed by atoms with E-state index in [1.54, 1.807) is 30.3 Å². The Kier molecular flexibility index (Phi) is 7.05. The van der Waals surface area contributed by atoms with Crippen LogP contribution in [-0.2, 0) is 9.53 Å². The Morgan fingerprint density at radius 1 is 1.04 bits per heavy atom. The van der Waals surface area contributed by atoms with Gasteiger partial charge in [0, 0.05) is 6.07 Å². The van der Waals surface area contributed by atoms with Crippen molar-refractivity contribution in [3.8, 4) is 17.2 Å². The second-order valence-corrected chi connectivity index (χ2v) is 5.57. The SMILES string of the molecule is CCOc1ccccc1NC(=O)[C@@H](C)OC(=O)c1cc(OC)cc(OC)c1. The molecule has 7 heteroatoms. The van der Waals surface area contributed by atoms with Crippen LogP contribution >= 0.6 is 0 Å². The van der Waals surface area contributed by atoms with E-state index in [9.17, 15) is 9.59 Å². The zero-order valence-corrected chi connectivity index (χ0v) is 15.8. The van der Waals surface area contributed by atoms with Crippen molar-refractivity contribution in [2.45, 2.75) is 20.0 Å². The lowest BCUT2D eigenvalue weighted by molar-refractivity contribution is -0.123. The number of anilines is 1. The predicted molar refractivity (Wildman–Crippen MR) is 101 cm³/mol. The Morgan fingerprint density at radius 3 is 2.26 bits per heavy atom. The van der Waals surface area contributed by atoms with Crippen LogP contribution in [0.3, 0.4) is 0 Å². The molecular formula is C20H23NO6. The molecule has 2 aromatic carbocycles. The minimum absolute atomic E-state index is 0.223. The van der Waals surface area contributed by atoms with E-state index in [0.29, 0.717) is 29.5 Å². The van der Waals surface area contributed by atoms with E-state index in [0.717, 1.165) is 0 Å². The van der Waals surface area contributed by atoms with Gasteiger partial charge < -0.3 is 24.3 Å². The number of benzene rings is 2. The molecule has 1 amide bonds. The van der Waals surface area contributed by atoms with E-state index >= 15 is 0 Å². The van der Waals surface area contributed by atoms with Gasteiger partial charge in [0.15, 0.2) is 6.10 Å². The molecule has 1 N–H and O–H groups in total. The summed E-state index contributed by atoms with van der Waals surface area (Å²) in [5.41, 5.74) is 0.732. The molecule has 1 atom stereocenters. The molecule has 0 heterocycles. The van der Waals surface area contributed by atoms with Crippen LogP contribution in [0.4, 0.5) is 5.69 Å². The maximum atomic E-state index is 12.4. The molecule has 0 fully saturated rings. The normalized spacial score (nSPS) is 11.3. The van der Waals surface area contributed by atoms with Crippen molar-refractivity contribution in [1.29, 1.82) is 0 Å². The number of ether oxygens (including phenoxy) is 4. The van der Waals surface area contributed by atoms with Crippen molar-refractivity contribution in [3.63, 3.8) is 0 Å². The number of nitrogens with one attached hydrogen (secondary N) is 1. The van der Waals surface area contributed by atoms with Gasteiger partial charge in [-0.3, -0.25) is 4.79 Å². The van der Waals surface area contributed by atoms with Gasteiger partial charge in [0.2, 0.25) is 0 Å². The van der Waals surface area contributed by atoms with Gasteiger partial charge in [-0.1, -0.05) is 12.1 Å². The molecule has 0 aliphatic heterocycles. The maximum absolute atomic E-state index is 12.4. The zero-order valence-electron chi connectivity index (χ0n) is 15.8. The second-order valence-electron chi connectivity index (χ2n) is 5.57. The van der Waals surface area contributed by atoms with Crippen LogP contribution < -0.4 is 19.5 Å².